The summed E-state index contributed by atoms with van der Waals surface area (Å²) < 4.78 is 0. The molecule has 1 rings (SSSR count). The molecule has 8 heavy (non-hydrogen) atoms. The highest BCUT2D eigenvalue weighted by molar-refractivity contribution is 7.85. The highest BCUT2D eigenvalue weighted by Crippen LogP contribution is 2.18. The Kier molecular flexibility index (Phi) is 2.49. The average molecular weight is 152 g/mol. The van der Waals surface area contributed by atoms with E-state index in [0.717, 1.165) is 6.42 Å². The Labute approximate surface area is 59.3 Å². The molecule has 0 radical (unpaired) electrons. The molecule has 0 amide bonds. The van der Waals surface area contributed by atoms with Crippen LogP contribution in [0.2, 0.25) is 0 Å². The molecule has 1 fully saturated rings. The van der Waals surface area contributed by atoms with Gasteiger partial charge in [0.1, 0.15) is 5.44 Å². The summed E-state index contributed by atoms with van der Waals surface area (Å²) in [5, 5.41) is 0.215. The molecule has 48 valence electrons. The normalized spacial score (nSPS) is 39.8. The van der Waals surface area contributed by atoms with Gasteiger partial charge in [-0.3, -0.25) is 0 Å². The summed E-state index contributed by atoms with van der Waals surface area (Å²) >= 11 is 8.21. The molecule has 0 aromatic carbocycles. The van der Waals surface area contributed by atoms with Crippen LogP contribution >= 0.6 is 25.3 Å². The van der Waals surface area contributed by atoms with Crippen LogP contribution in [0.5, 0.6) is 0 Å². The Bertz CT molecular complexity index is 68.4. The van der Waals surface area contributed by atoms with Crippen LogP contribution in [0.15, 0.2) is 0 Å². The minimum Gasteiger partial charge on any atom is -0.236 e. The van der Waals surface area contributed by atoms with E-state index >= 15 is 0 Å². The maximum absolute atomic E-state index is 4.68. The monoisotopic (exact) mass is 152 g/mol. The number of hydrogen-bond donors (Lipinski definition) is 2. The number of hydrogen-bond acceptors (Lipinski definition) is 4. The van der Waals surface area contributed by atoms with Gasteiger partial charge in [0.25, 0.3) is 0 Å². The summed E-state index contributed by atoms with van der Waals surface area (Å²) in [6.45, 7) is 0.630. The van der Waals surface area contributed by atoms with Crippen LogP contribution in [0.3, 0.4) is 0 Å². The van der Waals surface area contributed by atoms with E-state index in [1.54, 1.807) is 0 Å². The van der Waals surface area contributed by atoms with Crippen molar-refractivity contribution in [2.75, 3.05) is 6.61 Å². The van der Waals surface area contributed by atoms with Crippen LogP contribution in [0, 0.1) is 0 Å². The summed E-state index contributed by atoms with van der Waals surface area (Å²) in [7, 11) is 0. The first-order valence-electron chi connectivity index (χ1n) is 2.45. The van der Waals surface area contributed by atoms with Gasteiger partial charge < -0.3 is 0 Å². The Morgan fingerprint density at radius 1 is 1.38 bits per heavy atom. The second-order valence-electron chi connectivity index (χ2n) is 1.66. The second kappa shape index (κ2) is 2.96. The lowest BCUT2D eigenvalue weighted by Crippen LogP contribution is -2.26. The molecular weight excluding hydrogens is 144 g/mol. The molecule has 0 aromatic heterocycles. The number of thiol groups is 2. The molecule has 0 saturated carbocycles. The lowest BCUT2D eigenvalue weighted by Gasteiger charge is -2.22. The largest absolute Gasteiger partial charge is 0.236 e. The maximum Gasteiger partial charge on any atom is 0.147 e. The highest BCUT2D eigenvalue weighted by Gasteiger charge is 2.19. The third-order valence-electron chi connectivity index (χ3n) is 0.993. The highest BCUT2D eigenvalue weighted by atomic mass is 32.1. The van der Waals surface area contributed by atoms with Gasteiger partial charge in [-0.1, -0.05) is 0 Å². The van der Waals surface area contributed by atoms with Gasteiger partial charge >= 0.3 is 0 Å². The zero-order valence-corrected chi connectivity index (χ0v) is 6.07. The van der Waals surface area contributed by atoms with Crippen molar-refractivity contribution < 1.29 is 9.78 Å². The van der Waals surface area contributed by atoms with E-state index in [1.807, 2.05) is 0 Å². The van der Waals surface area contributed by atoms with E-state index in [2.05, 4.69) is 35.0 Å². The molecule has 1 heterocycles. The summed E-state index contributed by atoms with van der Waals surface area (Å²) in [5.74, 6) is 0. The molecule has 0 aliphatic carbocycles. The van der Waals surface area contributed by atoms with Gasteiger partial charge in [0.05, 0.1) is 6.61 Å². The van der Waals surface area contributed by atoms with Gasteiger partial charge in [-0.25, -0.2) is 9.78 Å². The third kappa shape index (κ3) is 1.55. The zero-order chi connectivity index (χ0) is 5.98. The topological polar surface area (TPSA) is 18.5 Å². The molecule has 4 heteroatoms. The standard InChI is InChI=1S/C4H8O2S2/c7-3-1-2-5-6-4(3)8/h3-4,7-8H,1-2H2. The van der Waals surface area contributed by atoms with Crippen LogP contribution in [-0.2, 0) is 9.78 Å². The molecule has 0 aromatic rings. The van der Waals surface area contributed by atoms with Crippen molar-refractivity contribution >= 4 is 25.3 Å². The Morgan fingerprint density at radius 3 is 2.50 bits per heavy atom. The van der Waals surface area contributed by atoms with Crippen molar-refractivity contribution in [2.24, 2.45) is 0 Å². The lowest BCUT2D eigenvalue weighted by atomic mass is 10.3. The SMILES string of the molecule is SC1CCOOC1S. The van der Waals surface area contributed by atoms with E-state index in [0.29, 0.717) is 6.61 Å². The quantitative estimate of drug-likeness (QED) is 0.397. The molecule has 0 spiro atoms. The van der Waals surface area contributed by atoms with Gasteiger partial charge in [0.2, 0.25) is 0 Å². The van der Waals surface area contributed by atoms with Gasteiger partial charge in [0.15, 0.2) is 0 Å². The summed E-state index contributed by atoms with van der Waals surface area (Å²) in [6, 6.07) is 0. The van der Waals surface area contributed by atoms with Crippen molar-refractivity contribution in [3.8, 4) is 0 Å². The fourth-order valence-electron chi connectivity index (χ4n) is 0.493. The average Bonchev–Trinajstić information content (AvgIpc) is 1.77. The van der Waals surface area contributed by atoms with Crippen LogP contribution in [0.1, 0.15) is 6.42 Å². The van der Waals surface area contributed by atoms with Crippen molar-refractivity contribution in [3.63, 3.8) is 0 Å². The van der Waals surface area contributed by atoms with E-state index in [4.69, 9.17) is 0 Å². The summed E-state index contributed by atoms with van der Waals surface area (Å²) in [6.07, 6.45) is 0.914. The molecule has 1 aliphatic rings. The second-order valence-corrected chi connectivity index (χ2v) is 2.84. The Balaban J connectivity index is 2.28. The van der Waals surface area contributed by atoms with Crippen molar-refractivity contribution in [1.29, 1.82) is 0 Å². The van der Waals surface area contributed by atoms with E-state index in [1.165, 1.54) is 0 Å². The van der Waals surface area contributed by atoms with Crippen LogP contribution in [0.4, 0.5) is 0 Å². The lowest BCUT2D eigenvalue weighted by molar-refractivity contribution is -0.320. The molecule has 2 atom stereocenters. The van der Waals surface area contributed by atoms with E-state index in [9.17, 15) is 0 Å². The minimum absolute atomic E-state index is 0.160. The molecule has 2 unspecified atom stereocenters. The minimum atomic E-state index is -0.160. The molecule has 1 saturated heterocycles. The molecule has 2 nitrogen and oxygen atoms in total. The van der Waals surface area contributed by atoms with Crippen LogP contribution in [0.25, 0.3) is 0 Å². The first-order valence-corrected chi connectivity index (χ1v) is 3.48. The first-order chi connectivity index (χ1) is 3.80. The predicted octanol–water partition coefficient (Wildman–Crippen LogP) is 0.893. The third-order valence-corrected chi connectivity index (χ3v) is 2.20. The summed E-state index contributed by atoms with van der Waals surface area (Å²) in [4.78, 5) is 9.30. The van der Waals surface area contributed by atoms with Gasteiger partial charge in [-0.15, -0.1) is 12.6 Å². The Morgan fingerprint density at radius 2 is 2.12 bits per heavy atom. The maximum atomic E-state index is 4.68. The summed E-state index contributed by atoms with van der Waals surface area (Å²) in [5.41, 5.74) is -0.160. The molecule has 0 bridgehead atoms. The number of rotatable bonds is 0. The van der Waals surface area contributed by atoms with Crippen molar-refractivity contribution in [3.05, 3.63) is 0 Å². The molecular formula is C4H8O2S2. The van der Waals surface area contributed by atoms with Crippen molar-refractivity contribution in [1.82, 2.24) is 0 Å². The first kappa shape index (κ1) is 6.74. The smallest absolute Gasteiger partial charge is 0.147 e. The fraction of sp³-hybridized carbons (Fsp3) is 1.00. The van der Waals surface area contributed by atoms with E-state index in [-0.39, 0.29) is 10.7 Å². The fourth-order valence-corrected chi connectivity index (χ4v) is 0.858. The van der Waals surface area contributed by atoms with Gasteiger partial charge in [0, 0.05) is 5.25 Å². The van der Waals surface area contributed by atoms with Crippen LogP contribution in [-0.4, -0.2) is 17.3 Å². The zero-order valence-electron chi connectivity index (χ0n) is 4.28. The predicted molar refractivity (Wildman–Crippen MR) is 37.2 cm³/mol. The van der Waals surface area contributed by atoms with Gasteiger partial charge in [-0.2, -0.15) is 12.6 Å². The Hall–Kier alpha value is 0.620. The van der Waals surface area contributed by atoms with E-state index < -0.39 is 0 Å². The molecule has 1 aliphatic heterocycles. The van der Waals surface area contributed by atoms with Crippen LogP contribution < -0.4 is 0 Å². The molecule has 0 N–H and O–H groups in total. The van der Waals surface area contributed by atoms with Crippen molar-refractivity contribution in [2.45, 2.75) is 17.1 Å². The van der Waals surface area contributed by atoms with Gasteiger partial charge in [-0.05, 0) is 6.42 Å².